The molecule has 2 heterocycles. The van der Waals surface area contributed by atoms with Gasteiger partial charge in [0, 0.05) is 30.1 Å². The van der Waals surface area contributed by atoms with Crippen molar-refractivity contribution in [2.24, 2.45) is 0 Å². The molecule has 0 amide bonds. The highest BCUT2D eigenvalue weighted by atomic mass is 35.5. The minimum Gasteiger partial charge on any atom is -0.437 e. The number of hydrogen-bond donors (Lipinski definition) is 1. The molecular weight excluding hydrogens is 274 g/mol. The third-order valence-corrected chi connectivity index (χ3v) is 3.09. The van der Waals surface area contributed by atoms with Crippen LogP contribution in [-0.2, 0) is 6.54 Å². The van der Waals surface area contributed by atoms with Crippen LogP contribution in [0.15, 0.2) is 24.5 Å². The van der Waals surface area contributed by atoms with E-state index in [1.807, 2.05) is 6.92 Å². The van der Waals surface area contributed by atoms with Crippen LogP contribution in [0, 0.1) is 13.8 Å². The lowest BCUT2D eigenvalue weighted by molar-refractivity contribution is 0.449. The molecule has 2 aromatic heterocycles. The second-order valence-electron chi connectivity index (χ2n) is 4.59. The van der Waals surface area contributed by atoms with Crippen molar-refractivity contribution >= 4 is 11.6 Å². The first-order valence-electron chi connectivity index (χ1n) is 6.56. The van der Waals surface area contributed by atoms with Crippen LogP contribution < -0.4 is 10.1 Å². The van der Waals surface area contributed by atoms with E-state index in [1.54, 1.807) is 18.5 Å². The Morgan fingerprint density at radius 1 is 1.25 bits per heavy atom. The Bertz CT molecular complexity index is 602. The number of halogens is 1. The Kier molecular flexibility index (Phi) is 4.93. The van der Waals surface area contributed by atoms with Gasteiger partial charge in [0.2, 0.25) is 5.88 Å². The molecule has 2 aromatic rings. The van der Waals surface area contributed by atoms with Crippen molar-refractivity contribution in [2.45, 2.75) is 27.3 Å². The number of nitrogens with zero attached hydrogens (tertiary/aromatic N) is 2. The van der Waals surface area contributed by atoms with Gasteiger partial charge in [-0.05, 0) is 32.0 Å². The van der Waals surface area contributed by atoms with Crippen molar-refractivity contribution in [3.05, 3.63) is 46.4 Å². The first kappa shape index (κ1) is 14.8. The van der Waals surface area contributed by atoms with Crippen LogP contribution in [0.1, 0.15) is 23.7 Å². The van der Waals surface area contributed by atoms with Crippen LogP contribution in [0.3, 0.4) is 0 Å². The van der Waals surface area contributed by atoms with Crippen LogP contribution in [0.2, 0.25) is 5.02 Å². The largest absolute Gasteiger partial charge is 0.437 e. The van der Waals surface area contributed by atoms with E-state index >= 15 is 0 Å². The number of rotatable bonds is 5. The fourth-order valence-electron chi connectivity index (χ4n) is 1.94. The van der Waals surface area contributed by atoms with E-state index in [2.05, 4.69) is 35.2 Å². The lowest BCUT2D eigenvalue weighted by atomic mass is 10.1. The van der Waals surface area contributed by atoms with Crippen molar-refractivity contribution in [1.82, 2.24) is 15.3 Å². The van der Waals surface area contributed by atoms with Crippen LogP contribution >= 0.6 is 11.6 Å². The van der Waals surface area contributed by atoms with Gasteiger partial charge in [0.1, 0.15) is 5.75 Å². The third-order valence-electron chi connectivity index (χ3n) is 2.88. The molecule has 0 aliphatic heterocycles. The molecule has 106 valence electrons. The van der Waals surface area contributed by atoms with Gasteiger partial charge in [-0.25, -0.2) is 4.98 Å². The molecule has 5 heteroatoms. The summed E-state index contributed by atoms with van der Waals surface area (Å²) in [5.74, 6) is 1.19. The summed E-state index contributed by atoms with van der Waals surface area (Å²) in [6.07, 6.45) is 3.20. The molecule has 4 nitrogen and oxygen atoms in total. The Hall–Kier alpha value is -1.65. The zero-order chi connectivity index (χ0) is 14.5. The molecule has 0 spiro atoms. The Balaban J connectivity index is 2.33. The maximum absolute atomic E-state index is 5.92. The Morgan fingerprint density at radius 2 is 2.05 bits per heavy atom. The van der Waals surface area contributed by atoms with Gasteiger partial charge in [-0.15, -0.1) is 0 Å². The van der Waals surface area contributed by atoms with Gasteiger partial charge in [-0.3, -0.25) is 4.98 Å². The molecule has 0 bridgehead atoms. The zero-order valence-corrected chi connectivity index (χ0v) is 12.7. The molecule has 0 aliphatic carbocycles. The number of aryl methyl sites for hydroxylation is 2. The van der Waals surface area contributed by atoms with Crippen molar-refractivity contribution in [3.8, 4) is 11.6 Å². The van der Waals surface area contributed by atoms with E-state index in [0.717, 1.165) is 29.9 Å². The molecule has 0 unspecified atom stereocenters. The normalized spacial score (nSPS) is 10.6. The first-order valence-corrected chi connectivity index (χ1v) is 6.94. The van der Waals surface area contributed by atoms with Crippen molar-refractivity contribution in [2.75, 3.05) is 6.54 Å². The van der Waals surface area contributed by atoms with E-state index < -0.39 is 0 Å². The molecule has 0 aromatic carbocycles. The highest BCUT2D eigenvalue weighted by Crippen LogP contribution is 2.27. The second-order valence-corrected chi connectivity index (χ2v) is 5.02. The number of pyridine rings is 2. The lowest BCUT2D eigenvalue weighted by Crippen LogP contribution is -2.14. The van der Waals surface area contributed by atoms with Gasteiger partial charge in [0.25, 0.3) is 0 Å². The average Bonchev–Trinajstić information content (AvgIpc) is 2.37. The highest BCUT2D eigenvalue weighted by Gasteiger charge is 2.11. The van der Waals surface area contributed by atoms with Crippen LogP contribution in [0.25, 0.3) is 0 Å². The van der Waals surface area contributed by atoms with Gasteiger partial charge in [-0.2, -0.15) is 0 Å². The maximum Gasteiger partial charge on any atom is 0.224 e. The number of hydrogen-bond acceptors (Lipinski definition) is 4. The summed E-state index contributed by atoms with van der Waals surface area (Å²) in [6.45, 7) is 7.69. The predicted molar refractivity (Wildman–Crippen MR) is 80.4 cm³/mol. The summed E-state index contributed by atoms with van der Waals surface area (Å²) in [5, 5.41) is 3.84. The van der Waals surface area contributed by atoms with Gasteiger partial charge in [-0.1, -0.05) is 18.5 Å². The van der Waals surface area contributed by atoms with Crippen LogP contribution in [-0.4, -0.2) is 16.5 Å². The van der Waals surface area contributed by atoms with Gasteiger partial charge < -0.3 is 10.1 Å². The summed E-state index contributed by atoms with van der Waals surface area (Å²) in [6, 6.07) is 3.78. The second kappa shape index (κ2) is 6.68. The van der Waals surface area contributed by atoms with Crippen molar-refractivity contribution in [1.29, 1.82) is 0 Å². The van der Waals surface area contributed by atoms with Crippen LogP contribution in [0.5, 0.6) is 11.6 Å². The van der Waals surface area contributed by atoms with E-state index in [1.165, 1.54) is 0 Å². The van der Waals surface area contributed by atoms with Crippen molar-refractivity contribution < 1.29 is 4.74 Å². The molecule has 0 atom stereocenters. The third kappa shape index (κ3) is 3.68. The van der Waals surface area contributed by atoms with Gasteiger partial charge in [0.15, 0.2) is 0 Å². The Labute approximate surface area is 124 Å². The zero-order valence-electron chi connectivity index (χ0n) is 11.9. The molecule has 2 rings (SSSR count). The molecule has 0 aliphatic rings. The quantitative estimate of drug-likeness (QED) is 0.913. The minimum absolute atomic E-state index is 0.542. The summed E-state index contributed by atoms with van der Waals surface area (Å²) in [5.41, 5.74) is 3.13. The summed E-state index contributed by atoms with van der Waals surface area (Å²) >= 11 is 5.92. The number of ether oxygens (including phenoxy) is 1. The molecule has 1 N–H and O–H groups in total. The monoisotopic (exact) mass is 291 g/mol. The minimum atomic E-state index is 0.542. The van der Waals surface area contributed by atoms with Gasteiger partial charge in [0.05, 0.1) is 11.2 Å². The summed E-state index contributed by atoms with van der Waals surface area (Å²) < 4.78 is 5.85. The van der Waals surface area contributed by atoms with E-state index in [-0.39, 0.29) is 0 Å². The van der Waals surface area contributed by atoms with E-state index in [0.29, 0.717) is 16.7 Å². The molecule has 0 radical (unpaired) electrons. The predicted octanol–water partition coefficient (Wildman–Crippen LogP) is 3.65. The first-order chi connectivity index (χ1) is 9.60. The molecule has 20 heavy (non-hydrogen) atoms. The SMILES string of the molecule is CCNCc1c(C)cc(C)nc1Oc1cncc(Cl)c1. The highest BCUT2D eigenvalue weighted by molar-refractivity contribution is 6.30. The number of nitrogens with one attached hydrogen (secondary N) is 1. The van der Waals surface area contributed by atoms with Crippen LogP contribution in [0.4, 0.5) is 0 Å². The molecule has 0 saturated heterocycles. The van der Waals surface area contributed by atoms with Crippen molar-refractivity contribution in [3.63, 3.8) is 0 Å². The maximum atomic E-state index is 5.92. The van der Waals surface area contributed by atoms with E-state index in [9.17, 15) is 0 Å². The van der Waals surface area contributed by atoms with E-state index in [4.69, 9.17) is 16.3 Å². The fourth-order valence-corrected chi connectivity index (χ4v) is 2.10. The van der Waals surface area contributed by atoms with Gasteiger partial charge >= 0.3 is 0 Å². The summed E-state index contributed by atoms with van der Waals surface area (Å²) in [7, 11) is 0. The topological polar surface area (TPSA) is 47.0 Å². The number of aromatic nitrogens is 2. The smallest absolute Gasteiger partial charge is 0.224 e. The Morgan fingerprint density at radius 3 is 2.75 bits per heavy atom. The molecular formula is C15H18ClN3O. The fraction of sp³-hybridized carbons (Fsp3) is 0.333. The lowest BCUT2D eigenvalue weighted by Gasteiger charge is -2.14. The molecule has 0 fully saturated rings. The summed E-state index contributed by atoms with van der Waals surface area (Å²) in [4.78, 5) is 8.50. The standard InChI is InChI=1S/C15H18ClN3O/c1-4-17-9-14-10(2)5-11(3)19-15(14)20-13-6-12(16)7-18-8-13/h5-8,17H,4,9H2,1-3H3. The average molecular weight is 292 g/mol. The molecule has 0 saturated carbocycles.